The van der Waals surface area contributed by atoms with E-state index in [9.17, 15) is 17.8 Å². The number of rotatable bonds is 5. The van der Waals surface area contributed by atoms with Gasteiger partial charge in [-0.05, 0) is 69.3 Å². The molecule has 0 aromatic heterocycles. The molecule has 122 valence electrons. The quantitative estimate of drug-likeness (QED) is 0.262. The van der Waals surface area contributed by atoms with Gasteiger partial charge in [0.05, 0.1) is 0 Å². The standard InChI is InChI=1S/C15H12I2O5S/c16-12-8-11(9-13(17)15(12)23(19,20)21)22-14(18)7-6-10-4-2-1-3-5-10/h1-5,8-9H,6-7H2,(H,19,20,21). The molecule has 8 heteroatoms. The van der Waals surface area contributed by atoms with Crippen molar-refractivity contribution < 1.29 is 22.5 Å². The van der Waals surface area contributed by atoms with Crippen LogP contribution in [0, 0.1) is 7.14 Å². The fraction of sp³-hybridized carbons (Fsp3) is 0.133. The van der Waals surface area contributed by atoms with Gasteiger partial charge in [0.25, 0.3) is 10.1 Å². The van der Waals surface area contributed by atoms with Crippen LogP contribution in [0.15, 0.2) is 47.4 Å². The van der Waals surface area contributed by atoms with E-state index in [1.54, 1.807) is 45.2 Å². The molecule has 0 fully saturated rings. The zero-order chi connectivity index (χ0) is 17.0. The highest BCUT2D eigenvalue weighted by Crippen LogP contribution is 2.29. The lowest BCUT2D eigenvalue weighted by Gasteiger charge is -2.09. The number of aryl methyl sites for hydroxylation is 1. The number of ether oxygens (including phenoxy) is 1. The minimum Gasteiger partial charge on any atom is -0.426 e. The normalized spacial score (nSPS) is 11.3. The maximum Gasteiger partial charge on any atom is 0.311 e. The third-order valence-corrected chi connectivity index (χ3v) is 6.31. The van der Waals surface area contributed by atoms with E-state index in [0.29, 0.717) is 13.6 Å². The molecule has 0 amide bonds. The average Bonchev–Trinajstić information content (AvgIpc) is 2.44. The molecule has 2 aromatic rings. The SMILES string of the molecule is O=C(CCc1ccccc1)Oc1cc(I)c(S(=O)(=O)O)c(I)c1. The van der Waals surface area contributed by atoms with Gasteiger partial charge in [-0.3, -0.25) is 9.35 Å². The number of hydrogen-bond donors (Lipinski definition) is 1. The van der Waals surface area contributed by atoms with E-state index in [1.165, 1.54) is 12.1 Å². The molecule has 0 spiro atoms. The van der Waals surface area contributed by atoms with Crippen molar-refractivity contribution in [2.75, 3.05) is 0 Å². The first-order valence-electron chi connectivity index (χ1n) is 6.48. The molecule has 23 heavy (non-hydrogen) atoms. The van der Waals surface area contributed by atoms with Crippen LogP contribution in [0.2, 0.25) is 0 Å². The zero-order valence-corrected chi connectivity index (χ0v) is 16.8. The molecule has 2 aromatic carbocycles. The summed E-state index contributed by atoms with van der Waals surface area (Å²) in [5.41, 5.74) is 1.04. The van der Waals surface area contributed by atoms with Gasteiger partial charge in [0, 0.05) is 13.6 Å². The van der Waals surface area contributed by atoms with E-state index in [-0.39, 0.29) is 17.1 Å². The summed E-state index contributed by atoms with van der Waals surface area (Å²) in [4.78, 5) is 11.7. The number of carbonyl (C=O) groups excluding carboxylic acids is 1. The predicted octanol–water partition coefficient (Wildman–Crippen LogP) is 3.68. The van der Waals surface area contributed by atoms with Crippen molar-refractivity contribution in [1.29, 1.82) is 0 Å². The Hall–Kier alpha value is -0.720. The summed E-state index contributed by atoms with van der Waals surface area (Å²) in [7, 11) is -4.31. The molecular formula is C15H12I2O5S. The lowest BCUT2D eigenvalue weighted by Crippen LogP contribution is -2.10. The molecule has 0 radical (unpaired) electrons. The molecule has 1 N–H and O–H groups in total. The van der Waals surface area contributed by atoms with Crippen LogP contribution in [0.5, 0.6) is 5.75 Å². The summed E-state index contributed by atoms with van der Waals surface area (Å²) in [5, 5.41) is 0. The second-order valence-electron chi connectivity index (χ2n) is 4.65. The van der Waals surface area contributed by atoms with E-state index in [0.717, 1.165) is 5.56 Å². The van der Waals surface area contributed by atoms with E-state index in [2.05, 4.69) is 0 Å². The molecular weight excluding hydrogens is 546 g/mol. The molecule has 0 heterocycles. The number of esters is 1. The number of hydrogen-bond acceptors (Lipinski definition) is 4. The van der Waals surface area contributed by atoms with Gasteiger partial charge in [-0.2, -0.15) is 8.42 Å². The molecule has 5 nitrogen and oxygen atoms in total. The largest absolute Gasteiger partial charge is 0.426 e. The Bertz CT molecular complexity index is 796. The highest BCUT2D eigenvalue weighted by Gasteiger charge is 2.20. The van der Waals surface area contributed by atoms with E-state index in [4.69, 9.17) is 4.74 Å². The minimum absolute atomic E-state index is 0.178. The van der Waals surface area contributed by atoms with Crippen molar-refractivity contribution in [3.63, 3.8) is 0 Å². The summed E-state index contributed by atoms with van der Waals surface area (Å²) in [6, 6.07) is 12.4. The maximum atomic E-state index is 11.9. The van der Waals surface area contributed by atoms with Gasteiger partial charge in [0.15, 0.2) is 0 Å². The van der Waals surface area contributed by atoms with Gasteiger partial charge in [0.2, 0.25) is 0 Å². The average molecular weight is 558 g/mol. The second kappa shape index (κ2) is 7.90. The van der Waals surface area contributed by atoms with Crippen LogP contribution in [-0.2, 0) is 21.3 Å². The highest BCUT2D eigenvalue weighted by molar-refractivity contribution is 14.1. The Morgan fingerprint density at radius 2 is 1.65 bits per heavy atom. The Balaban J connectivity index is 2.07. The monoisotopic (exact) mass is 558 g/mol. The van der Waals surface area contributed by atoms with Gasteiger partial charge in [-0.25, -0.2) is 0 Å². The Morgan fingerprint density at radius 1 is 1.09 bits per heavy atom. The molecule has 2 rings (SSSR count). The predicted molar refractivity (Wildman–Crippen MR) is 102 cm³/mol. The smallest absolute Gasteiger partial charge is 0.311 e. The number of halogens is 2. The zero-order valence-electron chi connectivity index (χ0n) is 11.7. The Morgan fingerprint density at radius 3 is 2.17 bits per heavy atom. The highest BCUT2D eigenvalue weighted by atomic mass is 127. The van der Waals surface area contributed by atoms with Crippen molar-refractivity contribution in [1.82, 2.24) is 0 Å². The Labute approximate surface area is 161 Å². The fourth-order valence-corrected chi connectivity index (χ4v) is 5.91. The Kier molecular flexibility index (Phi) is 6.40. The van der Waals surface area contributed by atoms with Crippen LogP contribution in [0.4, 0.5) is 0 Å². The van der Waals surface area contributed by atoms with Crippen LogP contribution in [-0.4, -0.2) is 18.9 Å². The molecule has 0 atom stereocenters. The van der Waals surface area contributed by atoms with Gasteiger partial charge in [0.1, 0.15) is 10.6 Å². The van der Waals surface area contributed by atoms with Gasteiger partial charge in [-0.1, -0.05) is 30.3 Å². The summed E-state index contributed by atoms with van der Waals surface area (Å²) >= 11 is 3.56. The van der Waals surface area contributed by atoms with Crippen LogP contribution < -0.4 is 4.74 Å². The topological polar surface area (TPSA) is 80.7 Å². The van der Waals surface area contributed by atoms with Crippen LogP contribution in [0.3, 0.4) is 0 Å². The van der Waals surface area contributed by atoms with Crippen LogP contribution in [0.25, 0.3) is 0 Å². The van der Waals surface area contributed by atoms with Gasteiger partial charge < -0.3 is 4.74 Å². The van der Waals surface area contributed by atoms with E-state index >= 15 is 0 Å². The third-order valence-electron chi connectivity index (χ3n) is 2.92. The van der Waals surface area contributed by atoms with Crippen molar-refractivity contribution in [2.45, 2.75) is 17.7 Å². The summed E-state index contributed by atoms with van der Waals surface area (Å²) < 4.78 is 37.6. The van der Waals surface area contributed by atoms with Crippen molar-refractivity contribution in [3.8, 4) is 5.75 Å². The number of benzene rings is 2. The first-order valence-corrected chi connectivity index (χ1v) is 10.1. The maximum absolute atomic E-state index is 11.9. The lowest BCUT2D eigenvalue weighted by atomic mass is 10.1. The molecule has 0 aliphatic carbocycles. The molecule has 0 unspecified atom stereocenters. The molecule has 0 saturated heterocycles. The third kappa shape index (κ3) is 5.40. The van der Waals surface area contributed by atoms with Gasteiger partial charge >= 0.3 is 5.97 Å². The molecule has 0 aliphatic rings. The molecule has 0 saturated carbocycles. The number of carbonyl (C=O) groups is 1. The van der Waals surface area contributed by atoms with E-state index < -0.39 is 16.1 Å². The second-order valence-corrected chi connectivity index (χ2v) is 8.33. The van der Waals surface area contributed by atoms with E-state index in [1.807, 2.05) is 30.3 Å². The summed E-state index contributed by atoms with van der Waals surface area (Å²) in [6.07, 6.45) is 0.786. The fourth-order valence-electron chi connectivity index (χ4n) is 1.92. The first-order chi connectivity index (χ1) is 10.8. The molecule has 0 aliphatic heterocycles. The molecule has 0 bridgehead atoms. The van der Waals surface area contributed by atoms with Crippen LogP contribution >= 0.6 is 45.2 Å². The van der Waals surface area contributed by atoms with Crippen molar-refractivity contribution in [2.24, 2.45) is 0 Å². The lowest BCUT2D eigenvalue weighted by molar-refractivity contribution is -0.134. The summed E-state index contributed by atoms with van der Waals surface area (Å²) in [5.74, 6) is -0.149. The minimum atomic E-state index is -4.31. The van der Waals surface area contributed by atoms with Crippen molar-refractivity contribution >= 4 is 61.3 Å². The first kappa shape index (κ1) is 18.6. The van der Waals surface area contributed by atoms with Crippen LogP contribution in [0.1, 0.15) is 12.0 Å². The van der Waals surface area contributed by atoms with Crippen molar-refractivity contribution in [3.05, 3.63) is 55.2 Å². The van der Waals surface area contributed by atoms with Gasteiger partial charge in [-0.15, -0.1) is 0 Å². The summed E-state index contributed by atoms with van der Waals surface area (Å²) in [6.45, 7) is 0.